The molecule has 0 spiro atoms. The van der Waals surface area contributed by atoms with Crippen LogP contribution < -0.4 is 0 Å². The van der Waals surface area contributed by atoms with Gasteiger partial charge >= 0.3 is 0 Å². The molecular formula is C19H21N. The molecule has 2 rings (SSSR count). The molecule has 0 amide bonds. The zero-order valence-electron chi connectivity index (χ0n) is 12.6. The molecule has 0 aliphatic carbocycles. The maximum Gasteiger partial charge on any atom is 0.194 e. The second-order valence-corrected chi connectivity index (χ2v) is 5.79. The summed E-state index contributed by atoms with van der Waals surface area (Å²) in [4.78, 5) is 3.80. The molecule has 0 aliphatic heterocycles. The molecule has 0 aromatic heterocycles. The van der Waals surface area contributed by atoms with Crippen LogP contribution in [0.15, 0.2) is 42.5 Å². The zero-order chi connectivity index (χ0) is 14.7. The van der Waals surface area contributed by atoms with E-state index < -0.39 is 0 Å². The quantitative estimate of drug-likeness (QED) is 0.585. The second kappa shape index (κ2) is 5.92. The van der Waals surface area contributed by atoms with Crippen LogP contribution in [0.4, 0.5) is 5.69 Å². The molecule has 1 nitrogen and oxygen atoms in total. The molecular weight excluding hydrogens is 242 g/mol. The van der Waals surface area contributed by atoms with Crippen molar-refractivity contribution in [2.45, 2.75) is 39.5 Å². The largest absolute Gasteiger partial charge is 0.238 e. The lowest BCUT2D eigenvalue weighted by molar-refractivity contribution is 0.842. The number of rotatable bonds is 3. The summed E-state index contributed by atoms with van der Waals surface area (Å²) in [7, 11) is 0. The van der Waals surface area contributed by atoms with Gasteiger partial charge in [-0.15, -0.1) is 0 Å². The Labute approximate surface area is 122 Å². The minimum absolute atomic E-state index is 0.361. The molecule has 0 N–H and O–H groups in total. The van der Waals surface area contributed by atoms with E-state index in [0.29, 0.717) is 11.8 Å². The summed E-state index contributed by atoms with van der Waals surface area (Å²) in [6.45, 7) is 16.1. The van der Waals surface area contributed by atoms with Gasteiger partial charge in [-0.25, -0.2) is 4.85 Å². The van der Waals surface area contributed by atoms with Crippen molar-refractivity contribution in [1.82, 2.24) is 0 Å². The normalized spacial score (nSPS) is 10.8. The maximum absolute atomic E-state index is 7.51. The van der Waals surface area contributed by atoms with Crippen molar-refractivity contribution in [3.05, 3.63) is 65.0 Å². The lowest BCUT2D eigenvalue weighted by atomic mass is 9.88. The van der Waals surface area contributed by atoms with Crippen molar-refractivity contribution in [2.24, 2.45) is 0 Å². The summed E-state index contributed by atoms with van der Waals surface area (Å²) < 4.78 is 0. The highest BCUT2D eigenvalue weighted by Crippen LogP contribution is 2.38. The van der Waals surface area contributed by atoms with Crippen LogP contribution in [0.2, 0.25) is 0 Å². The van der Waals surface area contributed by atoms with Crippen LogP contribution in [0, 0.1) is 6.57 Å². The summed E-state index contributed by atoms with van der Waals surface area (Å²) in [6.07, 6.45) is 0. The van der Waals surface area contributed by atoms with Gasteiger partial charge in [0.2, 0.25) is 0 Å². The van der Waals surface area contributed by atoms with Crippen molar-refractivity contribution < 1.29 is 0 Å². The fourth-order valence-corrected chi connectivity index (χ4v) is 2.49. The second-order valence-electron chi connectivity index (χ2n) is 5.79. The fraction of sp³-hybridized carbons (Fsp3) is 0.316. The first-order chi connectivity index (χ1) is 9.54. The topological polar surface area (TPSA) is 4.36 Å². The van der Waals surface area contributed by atoms with Crippen LogP contribution >= 0.6 is 0 Å². The van der Waals surface area contributed by atoms with Crippen LogP contribution in [0.1, 0.15) is 50.7 Å². The van der Waals surface area contributed by atoms with E-state index in [1.807, 2.05) is 6.07 Å². The van der Waals surface area contributed by atoms with E-state index in [1.54, 1.807) is 0 Å². The van der Waals surface area contributed by atoms with E-state index in [0.717, 1.165) is 16.8 Å². The molecule has 0 radical (unpaired) electrons. The molecule has 0 aliphatic rings. The van der Waals surface area contributed by atoms with E-state index >= 15 is 0 Å². The van der Waals surface area contributed by atoms with Gasteiger partial charge in [-0.05, 0) is 34.1 Å². The third-order valence-corrected chi connectivity index (χ3v) is 3.63. The highest BCUT2D eigenvalue weighted by atomic mass is 14.7. The van der Waals surface area contributed by atoms with Crippen molar-refractivity contribution in [1.29, 1.82) is 0 Å². The molecule has 0 unspecified atom stereocenters. The molecule has 2 aromatic carbocycles. The van der Waals surface area contributed by atoms with Crippen LogP contribution in [0.3, 0.4) is 0 Å². The predicted molar refractivity (Wildman–Crippen MR) is 86.3 cm³/mol. The molecule has 0 bridgehead atoms. The van der Waals surface area contributed by atoms with Crippen molar-refractivity contribution >= 4 is 5.69 Å². The Morgan fingerprint density at radius 2 is 1.30 bits per heavy atom. The molecule has 102 valence electrons. The number of hydrogen-bond acceptors (Lipinski definition) is 0. The van der Waals surface area contributed by atoms with Gasteiger partial charge in [0, 0.05) is 0 Å². The van der Waals surface area contributed by atoms with Gasteiger partial charge in [0.15, 0.2) is 5.69 Å². The lowest BCUT2D eigenvalue weighted by Crippen LogP contribution is -1.96. The lowest BCUT2D eigenvalue weighted by Gasteiger charge is -2.17. The summed E-state index contributed by atoms with van der Waals surface area (Å²) in [5.74, 6) is 0.723. The van der Waals surface area contributed by atoms with Crippen molar-refractivity contribution in [2.75, 3.05) is 0 Å². The van der Waals surface area contributed by atoms with Gasteiger partial charge in [-0.2, -0.15) is 0 Å². The zero-order valence-corrected chi connectivity index (χ0v) is 12.6. The maximum atomic E-state index is 7.51. The Kier molecular flexibility index (Phi) is 4.25. The highest BCUT2D eigenvalue weighted by molar-refractivity contribution is 5.73. The van der Waals surface area contributed by atoms with E-state index in [9.17, 15) is 0 Å². The highest BCUT2D eigenvalue weighted by Gasteiger charge is 2.16. The molecule has 0 saturated carbocycles. The van der Waals surface area contributed by atoms with Gasteiger partial charge in [-0.3, -0.25) is 0 Å². The smallest absolute Gasteiger partial charge is 0.194 e. The molecule has 0 heterocycles. The van der Waals surface area contributed by atoms with Gasteiger partial charge < -0.3 is 0 Å². The standard InChI is InChI=1S/C19H21N/c1-13(2)17-11-16(15-9-7-6-8-10-15)12-18(14(3)4)19(17)20-5/h6-14H,1-4H3. The Morgan fingerprint density at radius 3 is 1.70 bits per heavy atom. The first kappa shape index (κ1) is 14.3. The van der Waals surface area contributed by atoms with Crippen LogP contribution in [0.5, 0.6) is 0 Å². The first-order valence-corrected chi connectivity index (χ1v) is 7.15. The molecule has 0 saturated heterocycles. The van der Waals surface area contributed by atoms with E-state index in [2.05, 4.69) is 68.9 Å². The minimum Gasteiger partial charge on any atom is -0.238 e. The summed E-state index contributed by atoms with van der Waals surface area (Å²) in [6, 6.07) is 14.8. The Balaban J connectivity index is 2.70. The van der Waals surface area contributed by atoms with Crippen LogP contribution in [-0.4, -0.2) is 0 Å². The molecule has 0 atom stereocenters. The number of hydrogen-bond donors (Lipinski definition) is 0. The summed E-state index contributed by atoms with van der Waals surface area (Å²) in [5, 5.41) is 0. The van der Waals surface area contributed by atoms with Gasteiger partial charge in [-0.1, -0.05) is 70.2 Å². The molecule has 2 aromatic rings. The predicted octanol–water partition coefficient (Wildman–Crippen LogP) is 6.15. The SMILES string of the molecule is [C-]#[N+]c1c(C(C)C)cc(-c2ccccc2)cc1C(C)C. The van der Waals surface area contributed by atoms with E-state index in [1.165, 1.54) is 11.1 Å². The number of nitrogens with zero attached hydrogens (tertiary/aromatic N) is 1. The Bertz CT molecular complexity index is 602. The molecule has 20 heavy (non-hydrogen) atoms. The number of benzene rings is 2. The van der Waals surface area contributed by atoms with Crippen molar-refractivity contribution in [3.8, 4) is 11.1 Å². The molecule has 0 fully saturated rings. The Hall–Kier alpha value is -2.07. The average Bonchev–Trinajstić information content (AvgIpc) is 2.46. The monoisotopic (exact) mass is 263 g/mol. The summed E-state index contributed by atoms with van der Waals surface area (Å²) >= 11 is 0. The third kappa shape index (κ3) is 2.75. The van der Waals surface area contributed by atoms with Gasteiger partial charge in [0.05, 0.1) is 6.57 Å². The summed E-state index contributed by atoms with van der Waals surface area (Å²) in [5.41, 5.74) is 5.59. The van der Waals surface area contributed by atoms with Crippen LogP contribution in [-0.2, 0) is 0 Å². The van der Waals surface area contributed by atoms with E-state index in [4.69, 9.17) is 6.57 Å². The van der Waals surface area contributed by atoms with Crippen LogP contribution in [0.25, 0.3) is 16.0 Å². The van der Waals surface area contributed by atoms with Gasteiger partial charge in [0.25, 0.3) is 0 Å². The van der Waals surface area contributed by atoms with E-state index in [-0.39, 0.29) is 0 Å². The molecule has 1 heteroatoms. The van der Waals surface area contributed by atoms with Gasteiger partial charge in [0.1, 0.15) is 0 Å². The fourth-order valence-electron chi connectivity index (χ4n) is 2.49. The average molecular weight is 263 g/mol. The minimum atomic E-state index is 0.361. The third-order valence-electron chi connectivity index (χ3n) is 3.63. The van der Waals surface area contributed by atoms with Crippen molar-refractivity contribution in [3.63, 3.8) is 0 Å². The Morgan fingerprint density at radius 1 is 0.800 bits per heavy atom. The first-order valence-electron chi connectivity index (χ1n) is 7.15.